The molecular formula is C30H33N. The number of benzene rings is 3. The van der Waals surface area contributed by atoms with Crippen molar-refractivity contribution in [1.29, 1.82) is 0 Å². The largest absolute Gasteiger partial charge is 0.387 e. The molecule has 0 amide bonds. The fourth-order valence-corrected chi connectivity index (χ4v) is 5.61. The van der Waals surface area contributed by atoms with Gasteiger partial charge in [0.2, 0.25) is 0 Å². The first-order chi connectivity index (χ1) is 14.6. The maximum absolute atomic E-state index is 6.25. The summed E-state index contributed by atoms with van der Waals surface area (Å²) in [7, 11) is 2.02. The number of aryl methyl sites for hydroxylation is 3. The molecule has 1 heteroatoms. The predicted octanol–water partition coefficient (Wildman–Crippen LogP) is 7.61. The Hall–Kier alpha value is -2.98. The molecule has 0 radical (unpaired) electrons. The predicted molar refractivity (Wildman–Crippen MR) is 135 cm³/mol. The van der Waals surface area contributed by atoms with Gasteiger partial charge in [0.1, 0.15) is 0 Å². The van der Waals surface area contributed by atoms with Crippen LogP contribution in [0.1, 0.15) is 58.7 Å². The Morgan fingerprint density at radius 3 is 2.00 bits per heavy atom. The number of terminal acetylenes is 1. The van der Waals surface area contributed by atoms with Crippen LogP contribution in [0, 0.1) is 47.0 Å². The minimum absolute atomic E-state index is 0.000652. The van der Waals surface area contributed by atoms with Crippen LogP contribution in [-0.4, -0.2) is 7.05 Å². The van der Waals surface area contributed by atoms with Crippen LogP contribution in [0.2, 0.25) is 0 Å². The van der Waals surface area contributed by atoms with Gasteiger partial charge in [-0.25, -0.2) is 0 Å². The Kier molecular flexibility index (Phi) is 5.01. The topological polar surface area (TPSA) is 12.0 Å². The number of fused-ring (bicyclic) bond motifs is 4. The monoisotopic (exact) mass is 407 g/mol. The van der Waals surface area contributed by atoms with E-state index in [1.54, 1.807) is 0 Å². The van der Waals surface area contributed by atoms with Gasteiger partial charge in [-0.3, -0.25) is 0 Å². The summed E-state index contributed by atoms with van der Waals surface area (Å²) >= 11 is 0. The minimum atomic E-state index is -0.149. The zero-order valence-corrected chi connectivity index (χ0v) is 20.1. The highest BCUT2D eigenvalue weighted by atomic mass is 14.8. The van der Waals surface area contributed by atoms with E-state index in [0.29, 0.717) is 0 Å². The van der Waals surface area contributed by atoms with Crippen molar-refractivity contribution in [3.8, 4) is 34.6 Å². The minimum Gasteiger partial charge on any atom is -0.387 e. The van der Waals surface area contributed by atoms with Gasteiger partial charge in [0.05, 0.1) is 5.92 Å². The van der Waals surface area contributed by atoms with Crippen LogP contribution in [-0.2, 0) is 5.41 Å². The fraction of sp³-hybridized carbons (Fsp3) is 0.333. The molecule has 0 aromatic heterocycles. The van der Waals surface area contributed by atoms with Crippen LogP contribution < -0.4 is 5.32 Å². The van der Waals surface area contributed by atoms with Gasteiger partial charge in [-0.15, -0.1) is 6.42 Å². The molecule has 3 aromatic rings. The number of hydrogen-bond acceptors (Lipinski definition) is 1. The molecule has 2 bridgehead atoms. The molecule has 1 unspecified atom stereocenters. The summed E-state index contributed by atoms with van der Waals surface area (Å²) in [5, 5.41) is 3.53. The molecule has 31 heavy (non-hydrogen) atoms. The lowest BCUT2D eigenvalue weighted by molar-refractivity contribution is 0.479. The highest BCUT2D eigenvalue weighted by Crippen LogP contribution is 2.53. The molecule has 0 saturated carbocycles. The number of anilines is 1. The average Bonchev–Trinajstić information content (AvgIpc) is 2.80. The summed E-state index contributed by atoms with van der Waals surface area (Å²) in [5.74, 6) is 3.20. The first-order valence-corrected chi connectivity index (χ1v) is 11.1. The van der Waals surface area contributed by atoms with Gasteiger partial charge in [-0.1, -0.05) is 56.2 Å². The van der Waals surface area contributed by atoms with Crippen molar-refractivity contribution in [3.63, 3.8) is 0 Å². The Bertz CT molecular complexity index is 1250. The van der Waals surface area contributed by atoms with E-state index < -0.39 is 0 Å². The molecule has 1 aliphatic rings. The molecule has 158 valence electrons. The van der Waals surface area contributed by atoms with E-state index in [2.05, 4.69) is 96.1 Å². The normalized spacial score (nSPS) is 16.3. The smallest absolute Gasteiger partial charge is 0.0550 e. The Morgan fingerprint density at radius 2 is 1.42 bits per heavy atom. The SMILES string of the molecule is C#CC1c2c(C)c(NC)c(-c3ccc(C)c(C)c3)c(C)c2-c2ccc(C)c(c2)C1(C)C. The maximum atomic E-state index is 6.25. The Balaban J connectivity index is 2.18. The molecular weight excluding hydrogens is 374 g/mol. The summed E-state index contributed by atoms with van der Waals surface area (Å²) < 4.78 is 0. The standard InChI is InChI=1S/C30H33N/c1-10-24-28-21(6)29(31-9)27(22-13-11-17(2)19(4)15-22)20(5)26(28)23-14-12-18(3)25(16-23)30(24,7)8/h1,11-16,24,31H,2-9H3. The van der Waals surface area contributed by atoms with E-state index in [1.165, 1.54) is 66.9 Å². The second kappa shape index (κ2) is 7.31. The van der Waals surface area contributed by atoms with E-state index in [-0.39, 0.29) is 11.3 Å². The van der Waals surface area contributed by atoms with Crippen molar-refractivity contribution < 1.29 is 0 Å². The quantitative estimate of drug-likeness (QED) is 0.431. The third-order valence-corrected chi connectivity index (χ3v) is 7.49. The van der Waals surface area contributed by atoms with Crippen LogP contribution >= 0.6 is 0 Å². The zero-order chi connectivity index (χ0) is 22.7. The lowest BCUT2D eigenvalue weighted by Gasteiger charge is -2.34. The second-order valence-corrected chi connectivity index (χ2v) is 9.69. The van der Waals surface area contributed by atoms with Crippen LogP contribution in [0.25, 0.3) is 22.3 Å². The summed E-state index contributed by atoms with van der Waals surface area (Å²) in [6, 6.07) is 13.7. The number of nitrogens with one attached hydrogen (secondary N) is 1. The molecule has 0 heterocycles. The van der Waals surface area contributed by atoms with Gasteiger partial charge in [-0.2, -0.15) is 0 Å². The van der Waals surface area contributed by atoms with Gasteiger partial charge in [0.25, 0.3) is 0 Å². The van der Waals surface area contributed by atoms with E-state index in [9.17, 15) is 0 Å². The first-order valence-electron chi connectivity index (χ1n) is 11.1. The summed E-state index contributed by atoms with van der Waals surface area (Å²) in [6.07, 6.45) is 6.25. The molecule has 4 rings (SSSR count). The van der Waals surface area contributed by atoms with Gasteiger partial charge in [0, 0.05) is 23.7 Å². The third kappa shape index (κ3) is 3.01. The lowest BCUT2D eigenvalue weighted by atomic mass is 9.69. The highest BCUT2D eigenvalue weighted by molar-refractivity contribution is 5.93. The van der Waals surface area contributed by atoms with Crippen LogP contribution in [0.4, 0.5) is 5.69 Å². The summed E-state index contributed by atoms with van der Waals surface area (Å²) in [5.41, 5.74) is 15.3. The Labute approximate surface area is 187 Å². The van der Waals surface area contributed by atoms with Crippen LogP contribution in [0.5, 0.6) is 0 Å². The van der Waals surface area contributed by atoms with E-state index in [4.69, 9.17) is 6.42 Å². The van der Waals surface area contributed by atoms with Crippen molar-refractivity contribution in [1.82, 2.24) is 0 Å². The molecule has 0 fully saturated rings. The molecule has 1 nitrogen and oxygen atoms in total. The molecule has 0 spiro atoms. The first kappa shape index (κ1) is 21.3. The molecule has 1 atom stereocenters. The van der Waals surface area contributed by atoms with Gasteiger partial charge >= 0.3 is 0 Å². The molecule has 0 saturated heterocycles. The maximum Gasteiger partial charge on any atom is 0.0550 e. The van der Waals surface area contributed by atoms with Crippen molar-refractivity contribution in [2.75, 3.05) is 12.4 Å². The van der Waals surface area contributed by atoms with E-state index in [1.807, 2.05) is 7.05 Å². The average molecular weight is 408 g/mol. The Morgan fingerprint density at radius 1 is 0.806 bits per heavy atom. The fourth-order valence-electron chi connectivity index (χ4n) is 5.61. The van der Waals surface area contributed by atoms with Crippen LogP contribution in [0.3, 0.4) is 0 Å². The van der Waals surface area contributed by atoms with Crippen LogP contribution in [0.15, 0.2) is 36.4 Å². The third-order valence-electron chi connectivity index (χ3n) is 7.49. The van der Waals surface area contributed by atoms with Gasteiger partial charge in [-0.05, 0) is 90.3 Å². The van der Waals surface area contributed by atoms with Gasteiger partial charge in [0.15, 0.2) is 0 Å². The second-order valence-electron chi connectivity index (χ2n) is 9.69. The van der Waals surface area contributed by atoms with E-state index in [0.717, 1.165) is 0 Å². The molecule has 0 aliphatic heterocycles. The number of hydrogen-bond donors (Lipinski definition) is 1. The van der Waals surface area contributed by atoms with Crippen molar-refractivity contribution in [3.05, 3.63) is 75.3 Å². The lowest BCUT2D eigenvalue weighted by Crippen LogP contribution is -2.27. The van der Waals surface area contributed by atoms with E-state index >= 15 is 0 Å². The van der Waals surface area contributed by atoms with Crippen molar-refractivity contribution >= 4 is 5.69 Å². The molecule has 3 aromatic carbocycles. The highest BCUT2D eigenvalue weighted by Gasteiger charge is 2.39. The van der Waals surface area contributed by atoms with Gasteiger partial charge < -0.3 is 5.32 Å². The zero-order valence-electron chi connectivity index (χ0n) is 20.1. The van der Waals surface area contributed by atoms with Crippen molar-refractivity contribution in [2.24, 2.45) is 0 Å². The van der Waals surface area contributed by atoms with Crippen molar-refractivity contribution in [2.45, 2.75) is 59.8 Å². The summed E-state index contributed by atoms with van der Waals surface area (Å²) in [4.78, 5) is 0. The number of rotatable bonds is 2. The summed E-state index contributed by atoms with van der Waals surface area (Å²) in [6.45, 7) is 15.6. The molecule has 1 N–H and O–H groups in total. The molecule has 1 aliphatic carbocycles.